The fraction of sp³-hybridized carbons (Fsp3) is 0.533. The van der Waals surface area contributed by atoms with Gasteiger partial charge in [-0.1, -0.05) is 43.7 Å². The van der Waals surface area contributed by atoms with E-state index in [0.29, 0.717) is 13.1 Å². The first-order chi connectivity index (χ1) is 9.24. The molecule has 0 aliphatic carbocycles. The lowest BCUT2D eigenvalue weighted by Crippen LogP contribution is -2.38. The second-order valence-electron chi connectivity index (χ2n) is 4.43. The average Bonchev–Trinajstić information content (AvgIpc) is 2.45. The number of aliphatic hydroxyl groups is 1. The Morgan fingerprint density at radius 1 is 1.32 bits per heavy atom. The Morgan fingerprint density at radius 3 is 2.53 bits per heavy atom. The highest BCUT2D eigenvalue weighted by atomic mass is 16.5. The van der Waals surface area contributed by atoms with Gasteiger partial charge in [0.15, 0.2) is 6.10 Å². The Kier molecular flexibility index (Phi) is 7.15. The number of carbonyl (C=O) groups excluding carboxylic acids is 1. The zero-order valence-corrected chi connectivity index (χ0v) is 11.7. The van der Waals surface area contributed by atoms with Crippen LogP contribution >= 0.6 is 0 Å². The van der Waals surface area contributed by atoms with Crippen LogP contribution in [0.15, 0.2) is 30.3 Å². The second kappa shape index (κ2) is 8.67. The number of nitrogens with zero attached hydrogens (tertiary/aromatic N) is 1. The maximum absolute atomic E-state index is 12.5. The molecule has 4 nitrogen and oxygen atoms in total. The summed E-state index contributed by atoms with van der Waals surface area (Å²) in [5.74, 6) is -0.0869. The summed E-state index contributed by atoms with van der Waals surface area (Å²) in [5, 5.41) is 9.08. The maximum atomic E-state index is 12.5. The summed E-state index contributed by atoms with van der Waals surface area (Å²) in [6, 6.07) is 9.43. The van der Waals surface area contributed by atoms with Crippen LogP contribution in [0.1, 0.15) is 31.4 Å². The summed E-state index contributed by atoms with van der Waals surface area (Å²) in [6.07, 6.45) is 1.35. The van der Waals surface area contributed by atoms with Crippen molar-refractivity contribution in [1.29, 1.82) is 0 Å². The van der Waals surface area contributed by atoms with Crippen LogP contribution in [0.5, 0.6) is 0 Å². The van der Waals surface area contributed by atoms with Gasteiger partial charge in [-0.15, -0.1) is 0 Å². The van der Waals surface area contributed by atoms with E-state index in [9.17, 15) is 4.79 Å². The molecule has 1 amide bonds. The van der Waals surface area contributed by atoms with Gasteiger partial charge in [-0.2, -0.15) is 0 Å². The summed E-state index contributed by atoms with van der Waals surface area (Å²) in [4.78, 5) is 14.1. The number of ether oxygens (including phenoxy) is 1. The van der Waals surface area contributed by atoms with Crippen LogP contribution in [0.25, 0.3) is 0 Å². The fourth-order valence-electron chi connectivity index (χ4n) is 1.98. The van der Waals surface area contributed by atoms with Gasteiger partial charge in [0.1, 0.15) is 0 Å². The van der Waals surface area contributed by atoms with Crippen molar-refractivity contribution in [2.24, 2.45) is 0 Å². The number of aliphatic hydroxyl groups excluding tert-OH is 1. The average molecular weight is 265 g/mol. The molecule has 0 aliphatic heterocycles. The predicted octanol–water partition coefficient (Wildman–Crippen LogP) is 2.00. The number of amides is 1. The molecule has 0 spiro atoms. The summed E-state index contributed by atoms with van der Waals surface area (Å²) in [6.45, 7) is 3.06. The highest BCUT2D eigenvalue weighted by Gasteiger charge is 2.24. The Labute approximate surface area is 115 Å². The van der Waals surface area contributed by atoms with E-state index < -0.39 is 6.10 Å². The van der Waals surface area contributed by atoms with Gasteiger partial charge >= 0.3 is 0 Å². The molecule has 1 rings (SSSR count). The third-order valence-electron chi connectivity index (χ3n) is 3.03. The Hall–Kier alpha value is -1.39. The minimum Gasteiger partial charge on any atom is -0.395 e. The van der Waals surface area contributed by atoms with Gasteiger partial charge in [-0.3, -0.25) is 4.79 Å². The first-order valence-corrected chi connectivity index (χ1v) is 6.72. The molecule has 0 aromatic heterocycles. The van der Waals surface area contributed by atoms with Crippen LogP contribution < -0.4 is 0 Å². The molecule has 0 bridgehead atoms. The second-order valence-corrected chi connectivity index (χ2v) is 4.43. The molecule has 4 heteroatoms. The third kappa shape index (κ3) is 4.65. The van der Waals surface area contributed by atoms with Crippen molar-refractivity contribution in [3.05, 3.63) is 35.9 Å². The molecule has 0 saturated heterocycles. The Bertz CT molecular complexity index is 367. The number of hydrogen-bond donors (Lipinski definition) is 1. The number of carbonyl (C=O) groups is 1. The van der Waals surface area contributed by atoms with Gasteiger partial charge in [0.2, 0.25) is 0 Å². The first kappa shape index (κ1) is 15.7. The predicted molar refractivity (Wildman–Crippen MR) is 74.8 cm³/mol. The summed E-state index contributed by atoms with van der Waals surface area (Å²) >= 11 is 0. The van der Waals surface area contributed by atoms with E-state index in [1.54, 1.807) is 4.90 Å². The van der Waals surface area contributed by atoms with Crippen molar-refractivity contribution in [3.8, 4) is 0 Å². The standard InChI is InChI=1S/C15H23NO3/c1-3-4-10-16(11-12-17)15(18)14(19-2)13-8-6-5-7-9-13/h5-9,14,17H,3-4,10-12H2,1-2H3. The molecule has 1 unspecified atom stereocenters. The van der Waals surface area contributed by atoms with E-state index in [1.807, 2.05) is 30.3 Å². The smallest absolute Gasteiger partial charge is 0.256 e. The van der Waals surface area contributed by atoms with Crippen molar-refractivity contribution in [2.75, 3.05) is 26.8 Å². The van der Waals surface area contributed by atoms with Crippen LogP contribution in [0.4, 0.5) is 0 Å². The molecule has 106 valence electrons. The minimum atomic E-state index is -0.593. The van der Waals surface area contributed by atoms with Gasteiger partial charge in [-0.05, 0) is 12.0 Å². The van der Waals surface area contributed by atoms with E-state index in [4.69, 9.17) is 9.84 Å². The monoisotopic (exact) mass is 265 g/mol. The lowest BCUT2D eigenvalue weighted by Gasteiger charge is -2.26. The zero-order chi connectivity index (χ0) is 14.1. The van der Waals surface area contributed by atoms with Crippen LogP contribution in [0.2, 0.25) is 0 Å². The quantitative estimate of drug-likeness (QED) is 0.782. The lowest BCUT2D eigenvalue weighted by atomic mass is 10.1. The Morgan fingerprint density at radius 2 is 2.00 bits per heavy atom. The molecule has 0 saturated carbocycles. The minimum absolute atomic E-state index is 0.0271. The van der Waals surface area contributed by atoms with Gasteiger partial charge in [-0.25, -0.2) is 0 Å². The van der Waals surface area contributed by atoms with Crippen molar-refractivity contribution >= 4 is 5.91 Å². The number of benzene rings is 1. The van der Waals surface area contributed by atoms with E-state index in [1.165, 1.54) is 7.11 Å². The number of rotatable bonds is 8. The Balaban J connectivity index is 2.80. The largest absolute Gasteiger partial charge is 0.395 e. The van der Waals surface area contributed by atoms with Crippen LogP contribution in [0.3, 0.4) is 0 Å². The van der Waals surface area contributed by atoms with Gasteiger partial charge < -0.3 is 14.7 Å². The van der Waals surface area contributed by atoms with E-state index in [-0.39, 0.29) is 12.5 Å². The fourth-order valence-corrected chi connectivity index (χ4v) is 1.98. The normalized spacial score (nSPS) is 12.2. The van der Waals surface area contributed by atoms with E-state index in [2.05, 4.69) is 6.92 Å². The van der Waals surface area contributed by atoms with Crippen molar-refractivity contribution < 1.29 is 14.6 Å². The molecular weight excluding hydrogens is 242 g/mol. The molecule has 0 heterocycles. The number of hydrogen-bond acceptors (Lipinski definition) is 3. The van der Waals surface area contributed by atoms with Crippen LogP contribution in [0, 0.1) is 0 Å². The summed E-state index contributed by atoms with van der Waals surface area (Å²) in [7, 11) is 1.53. The molecule has 0 fully saturated rings. The SMILES string of the molecule is CCCCN(CCO)C(=O)C(OC)c1ccccc1. The molecule has 1 aromatic rings. The van der Waals surface area contributed by atoms with Gasteiger partial charge in [0.05, 0.1) is 6.61 Å². The molecule has 1 aromatic carbocycles. The lowest BCUT2D eigenvalue weighted by molar-refractivity contribution is -0.143. The molecule has 0 aliphatic rings. The zero-order valence-electron chi connectivity index (χ0n) is 11.7. The topological polar surface area (TPSA) is 49.8 Å². The highest BCUT2D eigenvalue weighted by molar-refractivity contribution is 5.82. The van der Waals surface area contributed by atoms with Crippen molar-refractivity contribution in [3.63, 3.8) is 0 Å². The summed E-state index contributed by atoms with van der Waals surface area (Å²) in [5.41, 5.74) is 0.842. The maximum Gasteiger partial charge on any atom is 0.256 e. The molecule has 0 radical (unpaired) electrons. The number of unbranched alkanes of at least 4 members (excludes halogenated alkanes) is 1. The van der Waals surface area contributed by atoms with Gasteiger partial charge in [0.25, 0.3) is 5.91 Å². The van der Waals surface area contributed by atoms with Gasteiger partial charge in [0, 0.05) is 20.2 Å². The number of methoxy groups -OCH3 is 1. The third-order valence-corrected chi connectivity index (χ3v) is 3.03. The van der Waals surface area contributed by atoms with Crippen molar-refractivity contribution in [1.82, 2.24) is 4.90 Å². The molecule has 1 atom stereocenters. The molecule has 19 heavy (non-hydrogen) atoms. The first-order valence-electron chi connectivity index (χ1n) is 6.72. The highest BCUT2D eigenvalue weighted by Crippen LogP contribution is 2.19. The van der Waals surface area contributed by atoms with Crippen LogP contribution in [-0.4, -0.2) is 42.7 Å². The summed E-state index contributed by atoms with van der Waals surface area (Å²) < 4.78 is 5.33. The molecular formula is C15H23NO3. The molecule has 1 N–H and O–H groups in total. The van der Waals surface area contributed by atoms with E-state index >= 15 is 0 Å². The van der Waals surface area contributed by atoms with E-state index in [0.717, 1.165) is 18.4 Å². The van der Waals surface area contributed by atoms with Crippen LogP contribution in [-0.2, 0) is 9.53 Å². The van der Waals surface area contributed by atoms with Crippen molar-refractivity contribution in [2.45, 2.75) is 25.9 Å².